The maximum Gasteiger partial charge on any atom is 0.309 e. The lowest BCUT2D eigenvalue weighted by molar-refractivity contribution is -0.158. The van der Waals surface area contributed by atoms with Crippen LogP contribution in [0.1, 0.15) is 85.8 Å². The molecule has 3 rings (SSSR count). The number of carbonyl (C=O) groups is 2. The van der Waals surface area contributed by atoms with Crippen molar-refractivity contribution in [1.29, 1.82) is 0 Å². The lowest BCUT2D eigenvalue weighted by Crippen LogP contribution is -2.37. The van der Waals surface area contributed by atoms with E-state index in [0.717, 1.165) is 29.9 Å². The van der Waals surface area contributed by atoms with Gasteiger partial charge in [-0.05, 0) is 55.1 Å². The van der Waals surface area contributed by atoms with E-state index in [1.165, 1.54) is 6.92 Å². The van der Waals surface area contributed by atoms with Gasteiger partial charge in [0.05, 0.1) is 12.5 Å². The van der Waals surface area contributed by atoms with E-state index in [0.29, 0.717) is 31.1 Å². The normalized spacial score (nSPS) is 24.8. The van der Waals surface area contributed by atoms with Crippen molar-refractivity contribution in [2.45, 2.75) is 97.7 Å². The van der Waals surface area contributed by atoms with Gasteiger partial charge in [0.15, 0.2) is 0 Å². The summed E-state index contributed by atoms with van der Waals surface area (Å²) < 4.78 is 23.1. The van der Waals surface area contributed by atoms with Crippen LogP contribution in [0.5, 0.6) is 11.5 Å². The van der Waals surface area contributed by atoms with Gasteiger partial charge in [0, 0.05) is 17.0 Å². The highest BCUT2D eigenvalue weighted by molar-refractivity contribution is 5.85. The molecule has 37 heavy (non-hydrogen) atoms. The second-order valence-electron chi connectivity index (χ2n) is 12.9. The standard InChI is InChI=1S/C30H46O7/c1-18-9-10-22(19(2)31)23(11-18)28(33)37-15-20(32)14-35-26-12-25(30(6,7)8)27(36-17-21-16-34-21)13-24(26)29(3,4)5/h12-13,18,20-23,32H,9-11,14-17H2,1-8H3. The van der Waals surface area contributed by atoms with Crippen LogP contribution in [0.25, 0.3) is 0 Å². The van der Waals surface area contributed by atoms with Gasteiger partial charge in [-0.25, -0.2) is 0 Å². The van der Waals surface area contributed by atoms with Crippen LogP contribution in [0.15, 0.2) is 12.1 Å². The van der Waals surface area contributed by atoms with E-state index in [2.05, 4.69) is 48.5 Å². The first-order chi connectivity index (χ1) is 17.2. The molecule has 0 aromatic heterocycles. The summed E-state index contributed by atoms with van der Waals surface area (Å²) in [6.07, 6.45) is 1.45. The molecule has 0 radical (unpaired) electrons. The van der Waals surface area contributed by atoms with Gasteiger partial charge in [-0.3, -0.25) is 9.59 Å². The minimum atomic E-state index is -0.991. The predicted octanol–water partition coefficient (Wildman–Crippen LogP) is 4.98. The van der Waals surface area contributed by atoms with Crippen LogP contribution in [0, 0.1) is 17.8 Å². The van der Waals surface area contributed by atoms with E-state index in [-0.39, 0.29) is 41.8 Å². The van der Waals surface area contributed by atoms with Gasteiger partial charge in [-0.1, -0.05) is 48.5 Å². The number of aliphatic hydroxyl groups excluding tert-OH is 1. The Labute approximate surface area is 222 Å². The third-order valence-electron chi connectivity index (χ3n) is 7.31. The largest absolute Gasteiger partial charge is 0.490 e. The SMILES string of the molecule is CC(=O)C1CCC(C)CC1C(=O)OCC(O)COc1cc(C(C)(C)C)c(OCC2CO2)cc1C(C)(C)C. The molecular weight excluding hydrogens is 472 g/mol. The summed E-state index contributed by atoms with van der Waals surface area (Å²) in [5.41, 5.74) is 1.57. The molecule has 5 unspecified atom stereocenters. The third-order valence-corrected chi connectivity index (χ3v) is 7.31. The molecule has 1 aliphatic carbocycles. The second kappa shape index (κ2) is 11.7. The lowest BCUT2D eigenvalue weighted by Gasteiger charge is -2.32. The van der Waals surface area contributed by atoms with E-state index in [4.69, 9.17) is 18.9 Å². The molecule has 5 atom stereocenters. The van der Waals surface area contributed by atoms with Crippen molar-refractivity contribution < 1.29 is 33.6 Å². The van der Waals surface area contributed by atoms with Crippen LogP contribution in [-0.4, -0.2) is 55.5 Å². The van der Waals surface area contributed by atoms with Crippen molar-refractivity contribution in [2.75, 3.05) is 26.4 Å². The fourth-order valence-electron chi connectivity index (χ4n) is 4.97. The highest BCUT2D eigenvalue weighted by Crippen LogP contribution is 2.42. The molecule has 2 fully saturated rings. The van der Waals surface area contributed by atoms with Crippen LogP contribution in [0.4, 0.5) is 0 Å². The molecule has 0 bridgehead atoms. The molecule has 1 N–H and O–H groups in total. The van der Waals surface area contributed by atoms with Crippen LogP contribution >= 0.6 is 0 Å². The molecular formula is C30H46O7. The summed E-state index contributed by atoms with van der Waals surface area (Å²) in [4.78, 5) is 24.8. The van der Waals surface area contributed by atoms with Crippen LogP contribution in [0.3, 0.4) is 0 Å². The third kappa shape index (κ3) is 8.18. The zero-order valence-corrected chi connectivity index (χ0v) is 23.9. The quantitative estimate of drug-likeness (QED) is 0.345. The smallest absolute Gasteiger partial charge is 0.309 e. The van der Waals surface area contributed by atoms with Crippen molar-refractivity contribution in [1.82, 2.24) is 0 Å². The zero-order valence-electron chi connectivity index (χ0n) is 23.9. The van der Waals surface area contributed by atoms with Gasteiger partial charge in [0.1, 0.15) is 49.3 Å². The molecule has 2 aliphatic rings. The summed E-state index contributed by atoms with van der Waals surface area (Å²) in [6, 6.07) is 4.04. The number of benzene rings is 1. The van der Waals surface area contributed by atoms with E-state index in [1.54, 1.807) is 0 Å². The molecule has 7 heteroatoms. The number of rotatable bonds is 10. The summed E-state index contributed by atoms with van der Waals surface area (Å²) in [6.45, 7) is 17.4. The minimum Gasteiger partial charge on any atom is -0.490 e. The highest BCUT2D eigenvalue weighted by atomic mass is 16.6. The maximum absolute atomic E-state index is 12.8. The fraction of sp³-hybridized carbons (Fsp3) is 0.733. The van der Waals surface area contributed by atoms with E-state index >= 15 is 0 Å². The molecule has 1 aliphatic heterocycles. The Bertz CT molecular complexity index is 952. The Hall–Kier alpha value is -2.12. The van der Waals surface area contributed by atoms with Crippen molar-refractivity contribution in [3.63, 3.8) is 0 Å². The minimum absolute atomic E-state index is 0.0206. The lowest BCUT2D eigenvalue weighted by atomic mass is 9.73. The Morgan fingerprint density at radius 3 is 2.05 bits per heavy atom. The molecule has 1 heterocycles. The Kier molecular flexibility index (Phi) is 9.33. The predicted molar refractivity (Wildman–Crippen MR) is 142 cm³/mol. The molecule has 0 spiro atoms. The number of epoxide rings is 1. The van der Waals surface area contributed by atoms with E-state index in [9.17, 15) is 14.7 Å². The molecule has 1 saturated carbocycles. The van der Waals surface area contributed by atoms with Gasteiger partial charge >= 0.3 is 5.97 Å². The zero-order chi connectivity index (χ0) is 27.5. The maximum atomic E-state index is 12.8. The molecule has 0 amide bonds. The molecule has 208 valence electrons. The first-order valence-corrected chi connectivity index (χ1v) is 13.6. The van der Waals surface area contributed by atoms with Gasteiger partial charge in [0.2, 0.25) is 0 Å². The van der Waals surface area contributed by atoms with Crippen molar-refractivity contribution in [2.24, 2.45) is 17.8 Å². The monoisotopic (exact) mass is 518 g/mol. The average Bonchev–Trinajstić information content (AvgIpc) is 3.62. The van der Waals surface area contributed by atoms with E-state index < -0.39 is 18.0 Å². The van der Waals surface area contributed by atoms with Gasteiger partial charge in [-0.15, -0.1) is 0 Å². The van der Waals surface area contributed by atoms with Crippen LogP contribution in [0.2, 0.25) is 0 Å². The second-order valence-corrected chi connectivity index (χ2v) is 12.9. The Morgan fingerprint density at radius 1 is 0.973 bits per heavy atom. The number of esters is 1. The summed E-state index contributed by atoms with van der Waals surface area (Å²) in [7, 11) is 0. The van der Waals surface area contributed by atoms with Crippen LogP contribution in [-0.2, 0) is 29.9 Å². The van der Waals surface area contributed by atoms with Gasteiger partial charge in [0.25, 0.3) is 0 Å². The molecule has 1 saturated heterocycles. The number of Topliss-reactive ketones (excluding diaryl/α,β-unsaturated/α-hetero) is 1. The molecule has 1 aromatic carbocycles. The Morgan fingerprint density at radius 2 is 1.54 bits per heavy atom. The molecule has 1 aromatic rings. The van der Waals surface area contributed by atoms with Crippen molar-refractivity contribution in [3.8, 4) is 11.5 Å². The fourth-order valence-corrected chi connectivity index (χ4v) is 4.97. The number of hydrogen-bond donors (Lipinski definition) is 1. The Balaban J connectivity index is 1.68. The number of ketones is 1. The summed E-state index contributed by atoms with van der Waals surface area (Å²) in [5.74, 6) is 0.751. The highest BCUT2D eigenvalue weighted by Gasteiger charge is 2.37. The van der Waals surface area contributed by atoms with Crippen molar-refractivity contribution >= 4 is 11.8 Å². The van der Waals surface area contributed by atoms with Gasteiger partial charge < -0.3 is 24.1 Å². The van der Waals surface area contributed by atoms with E-state index in [1.807, 2.05) is 12.1 Å². The first-order valence-electron chi connectivity index (χ1n) is 13.6. The van der Waals surface area contributed by atoms with Gasteiger partial charge in [-0.2, -0.15) is 0 Å². The van der Waals surface area contributed by atoms with Crippen LogP contribution < -0.4 is 9.47 Å². The first kappa shape index (κ1) is 29.4. The number of ether oxygens (including phenoxy) is 4. The number of aliphatic hydroxyl groups is 1. The molecule has 7 nitrogen and oxygen atoms in total. The van der Waals surface area contributed by atoms with Crippen molar-refractivity contribution in [3.05, 3.63) is 23.3 Å². The summed E-state index contributed by atoms with van der Waals surface area (Å²) >= 11 is 0. The topological polar surface area (TPSA) is 94.6 Å². The summed E-state index contributed by atoms with van der Waals surface area (Å²) in [5, 5.41) is 10.6. The number of hydrogen-bond acceptors (Lipinski definition) is 7. The average molecular weight is 519 g/mol. The number of carbonyl (C=O) groups excluding carboxylic acids is 2.